The maximum atomic E-state index is 12.8. The van der Waals surface area contributed by atoms with E-state index in [9.17, 15) is 14.4 Å². The van der Waals surface area contributed by atoms with E-state index in [1.807, 2.05) is 66.2 Å². The van der Waals surface area contributed by atoms with Crippen molar-refractivity contribution >= 4 is 23.7 Å². The Balaban J connectivity index is 1.65. The minimum atomic E-state index is -0.956. The second kappa shape index (κ2) is 10.2. The van der Waals surface area contributed by atoms with Crippen LogP contribution in [0.25, 0.3) is 6.08 Å². The molecule has 0 aliphatic heterocycles. The molecule has 0 saturated carbocycles. The summed E-state index contributed by atoms with van der Waals surface area (Å²) < 4.78 is 1.88. The molecular formula is C25H24N2O4. The van der Waals surface area contributed by atoms with Gasteiger partial charge in [0.15, 0.2) is 0 Å². The number of nitrogens with one attached hydrogen (secondary N) is 1. The van der Waals surface area contributed by atoms with Gasteiger partial charge in [-0.1, -0.05) is 54.1 Å². The Labute approximate surface area is 180 Å². The van der Waals surface area contributed by atoms with Crippen molar-refractivity contribution in [2.24, 2.45) is 0 Å². The zero-order valence-corrected chi connectivity index (χ0v) is 17.2. The Morgan fingerprint density at radius 3 is 2.52 bits per heavy atom. The first-order valence-corrected chi connectivity index (χ1v) is 9.97. The molecule has 6 nitrogen and oxygen atoms in total. The van der Waals surface area contributed by atoms with Gasteiger partial charge < -0.3 is 15.0 Å². The van der Waals surface area contributed by atoms with Crippen LogP contribution in [0.4, 0.5) is 0 Å². The maximum absolute atomic E-state index is 12.8. The van der Waals surface area contributed by atoms with Gasteiger partial charge in [0.1, 0.15) is 0 Å². The molecule has 0 saturated heterocycles. The van der Waals surface area contributed by atoms with E-state index >= 15 is 0 Å². The molecule has 2 aromatic carbocycles. The fraction of sp³-hybridized carbons (Fsp3) is 0.160. The number of carbonyl (C=O) groups excluding carboxylic acids is 2. The fourth-order valence-corrected chi connectivity index (χ4v) is 3.10. The van der Waals surface area contributed by atoms with Crippen molar-refractivity contribution < 1.29 is 19.5 Å². The lowest BCUT2D eigenvalue weighted by Crippen LogP contribution is -2.25. The van der Waals surface area contributed by atoms with E-state index in [2.05, 4.69) is 5.32 Å². The van der Waals surface area contributed by atoms with E-state index in [1.54, 1.807) is 24.3 Å². The van der Waals surface area contributed by atoms with Gasteiger partial charge in [0, 0.05) is 30.4 Å². The number of carboxylic acid groups (broad SMARTS) is 1. The van der Waals surface area contributed by atoms with E-state index in [4.69, 9.17) is 5.11 Å². The van der Waals surface area contributed by atoms with Gasteiger partial charge in [0.05, 0.1) is 12.1 Å². The minimum Gasteiger partial charge on any atom is -0.481 e. The zero-order chi connectivity index (χ0) is 22.2. The van der Waals surface area contributed by atoms with Crippen molar-refractivity contribution in [3.8, 4) is 0 Å². The molecule has 1 amide bonds. The zero-order valence-electron chi connectivity index (χ0n) is 17.2. The molecule has 0 radical (unpaired) electrons. The molecule has 3 aromatic rings. The SMILES string of the molecule is Cc1ccc(C(=O)c2cccn2C/C=C/c2cccc(C(=O)NCCC(=O)O)c2)cc1. The lowest BCUT2D eigenvalue weighted by atomic mass is 10.1. The Kier molecular flexibility index (Phi) is 7.17. The smallest absolute Gasteiger partial charge is 0.305 e. The maximum Gasteiger partial charge on any atom is 0.305 e. The Morgan fingerprint density at radius 2 is 1.77 bits per heavy atom. The van der Waals surface area contributed by atoms with Gasteiger partial charge in [-0.15, -0.1) is 0 Å². The highest BCUT2D eigenvalue weighted by atomic mass is 16.4. The van der Waals surface area contributed by atoms with E-state index < -0.39 is 5.97 Å². The summed E-state index contributed by atoms with van der Waals surface area (Å²) in [5.74, 6) is -1.30. The van der Waals surface area contributed by atoms with Crippen molar-refractivity contribution in [3.05, 3.63) is 101 Å². The molecule has 0 unspecified atom stereocenters. The predicted molar refractivity (Wildman–Crippen MR) is 119 cm³/mol. The summed E-state index contributed by atoms with van der Waals surface area (Å²) in [5, 5.41) is 11.3. The van der Waals surface area contributed by atoms with Gasteiger partial charge in [-0.05, 0) is 36.8 Å². The van der Waals surface area contributed by atoms with E-state index in [-0.39, 0.29) is 24.7 Å². The van der Waals surface area contributed by atoms with Gasteiger partial charge >= 0.3 is 5.97 Å². The molecule has 0 aliphatic carbocycles. The standard InChI is InChI=1S/C25H24N2O4/c1-18-9-11-20(12-10-18)24(30)22-8-4-16-27(22)15-3-6-19-5-2-7-21(17-19)25(31)26-14-13-23(28)29/h2-12,16-17H,13-15H2,1H3,(H,26,31)(H,28,29)/b6-3+. The molecule has 0 aliphatic rings. The highest BCUT2D eigenvalue weighted by Crippen LogP contribution is 2.13. The highest BCUT2D eigenvalue weighted by molar-refractivity contribution is 6.08. The van der Waals surface area contributed by atoms with Crippen LogP contribution in [0.2, 0.25) is 0 Å². The first-order chi connectivity index (χ1) is 14.9. The van der Waals surface area contributed by atoms with Crippen LogP contribution < -0.4 is 5.32 Å². The normalized spacial score (nSPS) is 10.9. The number of ketones is 1. The van der Waals surface area contributed by atoms with Crippen LogP contribution in [0.5, 0.6) is 0 Å². The van der Waals surface area contributed by atoms with Gasteiger partial charge in [0.2, 0.25) is 5.78 Å². The first kappa shape index (κ1) is 21.8. The Hall–Kier alpha value is -3.93. The fourth-order valence-electron chi connectivity index (χ4n) is 3.10. The summed E-state index contributed by atoms with van der Waals surface area (Å²) in [7, 11) is 0. The molecule has 0 atom stereocenters. The van der Waals surface area contributed by atoms with Crippen LogP contribution in [0.15, 0.2) is 72.9 Å². The number of aryl methyl sites for hydroxylation is 1. The highest BCUT2D eigenvalue weighted by Gasteiger charge is 2.12. The van der Waals surface area contributed by atoms with Crippen LogP contribution in [-0.2, 0) is 11.3 Å². The lowest BCUT2D eigenvalue weighted by Gasteiger charge is -2.07. The number of amides is 1. The molecule has 3 rings (SSSR count). The third-order valence-corrected chi connectivity index (χ3v) is 4.76. The molecule has 2 N–H and O–H groups in total. The number of hydrogen-bond acceptors (Lipinski definition) is 3. The van der Waals surface area contributed by atoms with Crippen molar-refractivity contribution in [2.75, 3.05) is 6.54 Å². The van der Waals surface area contributed by atoms with E-state index in [0.717, 1.165) is 11.1 Å². The predicted octanol–water partition coefficient (Wildman–Crippen LogP) is 3.95. The quantitative estimate of drug-likeness (QED) is 0.517. The summed E-state index contributed by atoms with van der Waals surface area (Å²) in [4.78, 5) is 35.5. The number of nitrogens with zero attached hydrogens (tertiary/aromatic N) is 1. The lowest BCUT2D eigenvalue weighted by molar-refractivity contribution is -0.136. The van der Waals surface area contributed by atoms with E-state index in [1.165, 1.54) is 0 Å². The Morgan fingerprint density at radius 1 is 1.00 bits per heavy atom. The topological polar surface area (TPSA) is 88.4 Å². The third kappa shape index (κ3) is 6.02. The van der Waals surface area contributed by atoms with Crippen molar-refractivity contribution in [2.45, 2.75) is 19.9 Å². The number of hydrogen-bond donors (Lipinski definition) is 2. The van der Waals surface area contributed by atoms with Gasteiger partial charge in [-0.25, -0.2) is 0 Å². The van der Waals surface area contributed by atoms with Crippen LogP contribution in [0.1, 0.15) is 44.0 Å². The number of benzene rings is 2. The van der Waals surface area contributed by atoms with Crippen LogP contribution >= 0.6 is 0 Å². The summed E-state index contributed by atoms with van der Waals surface area (Å²) in [6, 6.07) is 18.2. The molecule has 1 heterocycles. The number of carboxylic acids is 1. The second-order valence-electron chi connectivity index (χ2n) is 7.17. The van der Waals surface area contributed by atoms with E-state index in [0.29, 0.717) is 23.4 Å². The third-order valence-electron chi connectivity index (χ3n) is 4.76. The second-order valence-corrected chi connectivity index (χ2v) is 7.17. The van der Waals surface area contributed by atoms with Crippen LogP contribution in [0.3, 0.4) is 0 Å². The number of rotatable bonds is 9. The molecular weight excluding hydrogens is 392 g/mol. The number of allylic oxidation sites excluding steroid dienone is 1. The largest absolute Gasteiger partial charge is 0.481 e. The molecule has 1 aromatic heterocycles. The van der Waals surface area contributed by atoms with Crippen molar-refractivity contribution in [3.63, 3.8) is 0 Å². The first-order valence-electron chi connectivity index (χ1n) is 9.97. The summed E-state index contributed by atoms with van der Waals surface area (Å²) >= 11 is 0. The molecule has 31 heavy (non-hydrogen) atoms. The number of aliphatic carboxylic acids is 1. The molecule has 6 heteroatoms. The van der Waals surface area contributed by atoms with Crippen molar-refractivity contribution in [1.82, 2.24) is 9.88 Å². The number of carbonyl (C=O) groups is 3. The molecule has 0 bridgehead atoms. The molecule has 0 spiro atoms. The molecule has 158 valence electrons. The monoisotopic (exact) mass is 416 g/mol. The summed E-state index contributed by atoms with van der Waals surface area (Å²) in [5.41, 5.74) is 3.66. The van der Waals surface area contributed by atoms with Crippen LogP contribution in [0, 0.1) is 6.92 Å². The number of aromatic nitrogens is 1. The van der Waals surface area contributed by atoms with Gasteiger partial charge in [-0.2, -0.15) is 0 Å². The van der Waals surface area contributed by atoms with Crippen LogP contribution in [-0.4, -0.2) is 33.9 Å². The minimum absolute atomic E-state index is 0.0292. The Bertz CT molecular complexity index is 1110. The van der Waals surface area contributed by atoms with Gasteiger partial charge in [0.25, 0.3) is 5.91 Å². The summed E-state index contributed by atoms with van der Waals surface area (Å²) in [6.07, 6.45) is 5.55. The summed E-state index contributed by atoms with van der Waals surface area (Å²) in [6.45, 7) is 2.57. The van der Waals surface area contributed by atoms with Crippen molar-refractivity contribution in [1.29, 1.82) is 0 Å². The average molecular weight is 416 g/mol. The van der Waals surface area contributed by atoms with Gasteiger partial charge in [-0.3, -0.25) is 14.4 Å². The average Bonchev–Trinajstić information content (AvgIpc) is 3.22. The molecule has 0 fully saturated rings.